The minimum atomic E-state index is 0.403. The average molecular weight is 235 g/mol. The van der Waals surface area contributed by atoms with E-state index in [1.807, 2.05) is 0 Å². The number of nitrogens with one attached hydrogen (secondary N) is 1. The normalized spacial score (nSPS) is 12.8. The minimum absolute atomic E-state index is 0.403. The maximum atomic E-state index is 5.74. The van der Waals surface area contributed by atoms with Gasteiger partial charge in [-0.1, -0.05) is 32.9 Å². The first kappa shape index (κ1) is 14.0. The molecular formula is C15H25NO. The van der Waals surface area contributed by atoms with E-state index in [-0.39, 0.29) is 0 Å². The minimum Gasteiger partial charge on any atom is -0.492 e. The van der Waals surface area contributed by atoms with Crippen LogP contribution in [-0.2, 0) is 0 Å². The molecule has 2 heteroatoms. The molecule has 0 amide bonds. The smallest absolute Gasteiger partial charge is 0.119 e. The van der Waals surface area contributed by atoms with Gasteiger partial charge in [-0.05, 0) is 43.5 Å². The van der Waals surface area contributed by atoms with Gasteiger partial charge in [0.1, 0.15) is 12.4 Å². The lowest BCUT2D eigenvalue weighted by atomic mass is 10.0. The fraction of sp³-hybridized carbons (Fsp3) is 0.600. The van der Waals surface area contributed by atoms with E-state index in [0.717, 1.165) is 25.3 Å². The molecule has 0 aliphatic rings. The summed E-state index contributed by atoms with van der Waals surface area (Å²) in [6, 6.07) is 8.80. The van der Waals surface area contributed by atoms with Crippen LogP contribution in [0.25, 0.3) is 0 Å². The summed E-state index contributed by atoms with van der Waals surface area (Å²) in [5.74, 6) is 1.54. The maximum Gasteiger partial charge on any atom is 0.119 e. The van der Waals surface area contributed by atoms with E-state index >= 15 is 0 Å². The number of rotatable bonds is 7. The molecule has 0 aliphatic heterocycles. The van der Waals surface area contributed by atoms with Crippen LogP contribution in [0.4, 0.5) is 0 Å². The van der Waals surface area contributed by atoms with Crippen molar-refractivity contribution in [3.05, 3.63) is 29.8 Å². The number of ether oxygens (including phenoxy) is 1. The van der Waals surface area contributed by atoms with Gasteiger partial charge in [0.2, 0.25) is 0 Å². The maximum absolute atomic E-state index is 5.74. The lowest BCUT2D eigenvalue weighted by molar-refractivity contribution is 0.273. The highest BCUT2D eigenvalue weighted by Gasteiger charge is 2.02. The summed E-state index contributed by atoms with van der Waals surface area (Å²) in [7, 11) is 0. The van der Waals surface area contributed by atoms with Crippen molar-refractivity contribution in [2.24, 2.45) is 0 Å². The van der Waals surface area contributed by atoms with Crippen LogP contribution in [0.5, 0.6) is 5.75 Å². The zero-order valence-corrected chi connectivity index (χ0v) is 11.5. The largest absolute Gasteiger partial charge is 0.492 e. The Hall–Kier alpha value is -1.02. The molecule has 1 N–H and O–H groups in total. The van der Waals surface area contributed by atoms with Gasteiger partial charge >= 0.3 is 0 Å². The predicted octanol–water partition coefficient (Wildman–Crippen LogP) is 3.58. The molecule has 2 nitrogen and oxygen atoms in total. The van der Waals surface area contributed by atoms with E-state index in [1.54, 1.807) is 0 Å². The highest BCUT2D eigenvalue weighted by atomic mass is 16.5. The molecular weight excluding hydrogens is 210 g/mol. The van der Waals surface area contributed by atoms with Crippen LogP contribution in [0.3, 0.4) is 0 Å². The molecule has 0 saturated heterocycles. The molecule has 17 heavy (non-hydrogen) atoms. The summed E-state index contributed by atoms with van der Waals surface area (Å²) in [5, 5.41) is 3.41. The molecule has 0 radical (unpaired) electrons. The molecule has 96 valence electrons. The third-order valence-corrected chi connectivity index (χ3v) is 2.79. The molecule has 0 heterocycles. The lowest BCUT2D eigenvalue weighted by Gasteiger charge is -2.15. The Bertz CT molecular complexity index is 305. The molecule has 1 atom stereocenters. The summed E-state index contributed by atoms with van der Waals surface area (Å²) in [6.07, 6.45) is 1.16. The Labute approximate surface area is 105 Å². The molecule has 0 aliphatic carbocycles. The topological polar surface area (TPSA) is 21.3 Å². The molecule has 1 unspecified atom stereocenters. The third kappa shape index (κ3) is 5.22. The molecule has 0 spiro atoms. The third-order valence-electron chi connectivity index (χ3n) is 2.79. The van der Waals surface area contributed by atoms with Crippen molar-refractivity contribution in [3.63, 3.8) is 0 Å². The zero-order valence-electron chi connectivity index (χ0n) is 11.5. The summed E-state index contributed by atoms with van der Waals surface area (Å²) >= 11 is 0. The van der Waals surface area contributed by atoms with E-state index in [9.17, 15) is 0 Å². The summed E-state index contributed by atoms with van der Waals surface area (Å²) in [5.41, 5.74) is 1.36. The molecule has 0 fully saturated rings. The number of benzene rings is 1. The second kappa shape index (κ2) is 7.33. The van der Waals surface area contributed by atoms with Gasteiger partial charge in [0.05, 0.1) is 0 Å². The van der Waals surface area contributed by atoms with E-state index in [4.69, 9.17) is 4.74 Å². The number of hydrogen-bond acceptors (Lipinski definition) is 2. The van der Waals surface area contributed by atoms with Gasteiger partial charge in [0.25, 0.3) is 0 Å². The fourth-order valence-corrected chi connectivity index (χ4v) is 1.62. The summed E-state index contributed by atoms with van der Waals surface area (Å²) in [4.78, 5) is 0. The second-order valence-electron chi connectivity index (χ2n) is 4.89. The van der Waals surface area contributed by atoms with Gasteiger partial charge < -0.3 is 10.1 Å². The Morgan fingerprint density at radius 3 is 2.29 bits per heavy atom. The summed E-state index contributed by atoms with van der Waals surface area (Å²) < 4.78 is 5.74. The summed E-state index contributed by atoms with van der Waals surface area (Å²) in [6.45, 7) is 10.5. The highest BCUT2D eigenvalue weighted by molar-refractivity contribution is 5.28. The van der Waals surface area contributed by atoms with Gasteiger partial charge in [-0.3, -0.25) is 0 Å². The first-order chi connectivity index (χ1) is 8.13. The first-order valence-corrected chi connectivity index (χ1v) is 6.59. The van der Waals surface area contributed by atoms with Gasteiger partial charge in [0, 0.05) is 6.04 Å². The first-order valence-electron chi connectivity index (χ1n) is 6.59. The van der Waals surface area contributed by atoms with E-state index in [2.05, 4.69) is 57.3 Å². The molecule has 0 bridgehead atoms. The van der Waals surface area contributed by atoms with Crippen molar-refractivity contribution >= 4 is 0 Å². The van der Waals surface area contributed by atoms with Gasteiger partial charge in [-0.25, -0.2) is 0 Å². The van der Waals surface area contributed by atoms with E-state index in [0.29, 0.717) is 12.0 Å². The van der Waals surface area contributed by atoms with Crippen molar-refractivity contribution in [2.45, 2.75) is 46.1 Å². The SMILES string of the molecule is CCCNC(C)COc1ccc(C(C)C)cc1. The van der Waals surface area contributed by atoms with Crippen LogP contribution >= 0.6 is 0 Å². The second-order valence-corrected chi connectivity index (χ2v) is 4.89. The predicted molar refractivity (Wildman–Crippen MR) is 73.8 cm³/mol. The lowest BCUT2D eigenvalue weighted by Crippen LogP contribution is -2.32. The average Bonchev–Trinajstić information content (AvgIpc) is 2.34. The molecule has 1 rings (SSSR count). The van der Waals surface area contributed by atoms with E-state index in [1.165, 1.54) is 5.56 Å². The Kier molecular flexibility index (Phi) is 6.06. The molecule has 0 saturated carbocycles. The van der Waals surface area contributed by atoms with E-state index < -0.39 is 0 Å². The number of hydrogen-bond donors (Lipinski definition) is 1. The zero-order chi connectivity index (χ0) is 12.7. The quantitative estimate of drug-likeness (QED) is 0.780. The standard InChI is InChI=1S/C15H25NO/c1-5-10-16-13(4)11-17-15-8-6-14(7-9-15)12(2)3/h6-9,12-13,16H,5,10-11H2,1-4H3. The van der Waals surface area contributed by atoms with Crippen molar-refractivity contribution < 1.29 is 4.74 Å². The molecule has 0 aromatic heterocycles. The van der Waals surface area contributed by atoms with Gasteiger partial charge in [-0.2, -0.15) is 0 Å². The Morgan fingerprint density at radius 1 is 1.12 bits per heavy atom. The van der Waals surface area contributed by atoms with Crippen molar-refractivity contribution in [2.75, 3.05) is 13.2 Å². The fourth-order valence-electron chi connectivity index (χ4n) is 1.62. The Morgan fingerprint density at radius 2 is 1.76 bits per heavy atom. The van der Waals surface area contributed by atoms with Crippen molar-refractivity contribution in [3.8, 4) is 5.75 Å². The van der Waals surface area contributed by atoms with Gasteiger partial charge in [-0.15, -0.1) is 0 Å². The van der Waals surface area contributed by atoms with Crippen molar-refractivity contribution in [1.82, 2.24) is 5.32 Å². The molecule has 1 aromatic rings. The molecule has 1 aromatic carbocycles. The highest BCUT2D eigenvalue weighted by Crippen LogP contribution is 2.18. The van der Waals surface area contributed by atoms with Crippen LogP contribution in [-0.4, -0.2) is 19.2 Å². The van der Waals surface area contributed by atoms with Crippen LogP contribution in [0.1, 0.15) is 45.6 Å². The Balaban J connectivity index is 2.36. The monoisotopic (exact) mass is 235 g/mol. The van der Waals surface area contributed by atoms with Crippen LogP contribution in [0, 0.1) is 0 Å². The van der Waals surface area contributed by atoms with Crippen LogP contribution in [0.2, 0.25) is 0 Å². The van der Waals surface area contributed by atoms with Crippen LogP contribution < -0.4 is 10.1 Å². The van der Waals surface area contributed by atoms with Crippen molar-refractivity contribution in [1.29, 1.82) is 0 Å². The van der Waals surface area contributed by atoms with Crippen LogP contribution in [0.15, 0.2) is 24.3 Å². The van der Waals surface area contributed by atoms with Gasteiger partial charge in [0.15, 0.2) is 0 Å².